The number of hydrogen-bond donors (Lipinski definition) is 1. The first kappa shape index (κ1) is 26.7. The van der Waals surface area contributed by atoms with Crippen LogP contribution in [0, 0.1) is 0 Å². The van der Waals surface area contributed by atoms with Gasteiger partial charge in [-0.3, -0.25) is 13.9 Å². The van der Waals surface area contributed by atoms with Crippen LogP contribution in [0.15, 0.2) is 54.6 Å². The van der Waals surface area contributed by atoms with Crippen LogP contribution in [-0.4, -0.2) is 56.6 Å². The molecule has 2 aromatic rings. The number of benzene rings is 2. The predicted octanol–water partition coefficient (Wildman–Crippen LogP) is 3.48. The second-order valence-electron chi connectivity index (χ2n) is 8.16. The van der Waals surface area contributed by atoms with E-state index in [2.05, 4.69) is 5.32 Å². The molecule has 0 unspecified atom stereocenters. The molecule has 2 rings (SSSR count). The first-order valence-corrected chi connectivity index (χ1v) is 13.1. The second-order valence-corrected chi connectivity index (χ2v) is 10.5. The molecule has 0 aliphatic carbocycles. The minimum atomic E-state index is -3.76. The Morgan fingerprint density at radius 3 is 2.15 bits per heavy atom. The molecular weight excluding hydrogens is 462 g/mol. The molecular formula is C24H32ClN3O4S. The zero-order chi connectivity index (χ0) is 24.6. The molecule has 0 heterocycles. The smallest absolute Gasteiger partial charge is 0.244 e. The summed E-state index contributed by atoms with van der Waals surface area (Å²) in [6.07, 6.45) is 1.99. The van der Waals surface area contributed by atoms with Gasteiger partial charge in [0.1, 0.15) is 12.6 Å². The first-order chi connectivity index (χ1) is 15.5. The highest BCUT2D eigenvalue weighted by atomic mass is 35.5. The van der Waals surface area contributed by atoms with E-state index in [1.165, 1.54) is 4.90 Å². The molecule has 0 aliphatic rings. The maximum atomic E-state index is 13.5. The van der Waals surface area contributed by atoms with Crippen molar-refractivity contribution in [3.8, 4) is 0 Å². The summed E-state index contributed by atoms with van der Waals surface area (Å²) in [5.41, 5.74) is 1.35. The average Bonchev–Trinajstić information content (AvgIpc) is 2.75. The molecule has 1 atom stereocenters. The van der Waals surface area contributed by atoms with E-state index in [9.17, 15) is 18.0 Å². The number of carbonyl (C=O) groups excluding carboxylic acids is 2. The third kappa shape index (κ3) is 8.05. The van der Waals surface area contributed by atoms with E-state index >= 15 is 0 Å². The summed E-state index contributed by atoms with van der Waals surface area (Å²) in [5, 5.41) is 3.33. The van der Waals surface area contributed by atoms with Crippen LogP contribution in [0.5, 0.6) is 0 Å². The fourth-order valence-corrected chi connectivity index (χ4v) is 4.47. The van der Waals surface area contributed by atoms with Crippen molar-refractivity contribution in [2.24, 2.45) is 0 Å². The lowest BCUT2D eigenvalue weighted by Crippen LogP contribution is -2.54. The number of nitrogens with zero attached hydrogens (tertiary/aromatic N) is 2. The highest BCUT2D eigenvalue weighted by Gasteiger charge is 2.31. The summed E-state index contributed by atoms with van der Waals surface area (Å²) in [4.78, 5) is 27.8. The van der Waals surface area contributed by atoms with Crippen LogP contribution in [0.1, 0.15) is 32.8 Å². The Morgan fingerprint density at radius 2 is 1.64 bits per heavy atom. The molecule has 0 aliphatic heterocycles. The van der Waals surface area contributed by atoms with Crippen molar-refractivity contribution in [2.75, 3.05) is 23.7 Å². The topological polar surface area (TPSA) is 86.8 Å². The minimum Gasteiger partial charge on any atom is -0.352 e. The molecule has 0 saturated carbocycles. The molecule has 2 amide bonds. The van der Waals surface area contributed by atoms with Crippen molar-refractivity contribution >= 4 is 39.1 Å². The molecule has 0 saturated heterocycles. The Kier molecular flexibility index (Phi) is 9.73. The molecule has 7 nitrogen and oxygen atoms in total. The van der Waals surface area contributed by atoms with Gasteiger partial charge in [0, 0.05) is 17.6 Å². The highest BCUT2D eigenvalue weighted by Crippen LogP contribution is 2.21. The van der Waals surface area contributed by atoms with Gasteiger partial charge in [-0.1, -0.05) is 48.9 Å². The Hall–Kier alpha value is -2.58. The molecule has 33 heavy (non-hydrogen) atoms. The SMILES string of the molecule is CC[C@H](C(=O)NC(C)C)N(CCc1ccccc1)C(=O)CN(c1ccc(Cl)cc1)S(C)(=O)=O. The van der Waals surface area contributed by atoms with Gasteiger partial charge in [-0.25, -0.2) is 8.42 Å². The zero-order valence-corrected chi connectivity index (χ0v) is 21.1. The molecule has 9 heteroatoms. The molecule has 0 bridgehead atoms. The Morgan fingerprint density at radius 1 is 1.03 bits per heavy atom. The lowest BCUT2D eigenvalue weighted by molar-refractivity contribution is -0.139. The molecule has 180 valence electrons. The normalized spacial score (nSPS) is 12.3. The van der Waals surface area contributed by atoms with E-state index in [1.807, 2.05) is 51.1 Å². The molecule has 2 aromatic carbocycles. The fourth-order valence-electron chi connectivity index (χ4n) is 3.50. The number of hydrogen-bond acceptors (Lipinski definition) is 4. The van der Waals surface area contributed by atoms with Crippen LogP contribution in [-0.2, 0) is 26.0 Å². The molecule has 0 aromatic heterocycles. The maximum absolute atomic E-state index is 13.5. The van der Waals surface area contributed by atoms with Crippen LogP contribution in [0.2, 0.25) is 5.02 Å². The van der Waals surface area contributed by atoms with E-state index in [0.717, 1.165) is 16.1 Å². The van der Waals surface area contributed by atoms with Gasteiger partial charge in [0.05, 0.1) is 11.9 Å². The van der Waals surface area contributed by atoms with E-state index in [0.29, 0.717) is 23.6 Å². The van der Waals surface area contributed by atoms with Crippen molar-refractivity contribution in [2.45, 2.75) is 45.7 Å². The standard InChI is InChI=1S/C24H32ClN3O4S/c1-5-22(24(30)26-18(2)3)27(16-15-19-9-7-6-8-10-19)23(29)17-28(33(4,31)32)21-13-11-20(25)12-14-21/h6-14,18,22H,5,15-17H2,1-4H3,(H,26,30)/t22-/m1/s1. The number of carbonyl (C=O) groups is 2. The molecule has 0 radical (unpaired) electrons. The summed E-state index contributed by atoms with van der Waals surface area (Å²) < 4.78 is 26.1. The van der Waals surface area contributed by atoms with E-state index in [4.69, 9.17) is 11.6 Å². The van der Waals surface area contributed by atoms with Gasteiger partial charge in [-0.2, -0.15) is 0 Å². The molecule has 0 spiro atoms. The van der Waals surface area contributed by atoms with Gasteiger partial charge in [0.2, 0.25) is 21.8 Å². The average molecular weight is 494 g/mol. The molecule has 1 N–H and O–H groups in total. The Labute approximate surface area is 201 Å². The fraction of sp³-hybridized carbons (Fsp3) is 0.417. The lowest BCUT2D eigenvalue weighted by Gasteiger charge is -2.33. The highest BCUT2D eigenvalue weighted by molar-refractivity contribution is 7.92. The zero-order valence-electron chi connectivity index (χ0n) is 19.5. The lowest BCUT2D eigenvalue weighted by atomic mass is 10.1. The summed E-state index contributed by atoms with van der Waals surface area (Å²) in [7, 11) is -3.76. The van der Waals surface area contributed by atoms with Gasteiger partial charge in [0.25, 0.3) is 0 Å². The van der Waals surface area contributed by atoms with Gasteiger partial charge in [0.15, 0.2) is 0 Å². The number of amides is 2. The maximum Gasteiger partial charge on any atom is 0.244 e. The predicted molar refractivity (Wildman–Crippen MR) is 133 cm³/mol. The minimum absolute atomic E-state index is 0.0841. The van der Waals surface area contributed by atoms with Crippen LogP contribution in [0.25, 0.3) is 0 Å². The van der Waals surface area contributed by atoms with E-state index < -0.39 is 28.5 Å². The number of anilines is 1. The Bertz CT molecular complexity index is 1030. The van der Waals surface area contributed by atoms with Crippen molar-refractivity contribution in [1.82, 2.24) is 10.2 Å². The largest absolute Gasteiger partial charge is 0.352 e. The van der Waals surface area contributed by atoms with Gasteiger partial charge in [-0.05, 0) is 56.5 Å². The molecule has 0 fully saturated rings. The third-order valence-electron chi connectivity index (χ3n) is 5.09. The summed E-state index contributed by atoms with van der Waals surface area (Å²) in [6.45, 7) is 5.41. The Balaban J connectivity index is 2.34. The number of sulfonamides is 1. The van der Waals surface area contributed by atoms with Crippen molar-refractivity contribution in [3.05, 3.63) is 65.2 Å². The van der Waals surface area contributed by atoms with Gasteiger partial charge >= 0.3 is 0 Å². The summed E-state index contributed by atoms with van der Waals surface area (Å²) in [6, 6.07) is 15.1. The van der Waals surface area contributed by atoms with E-state index in [-0.39, 0.29) is 18.5 Å². The van der Waals surface area contributed by atoms with Gasteiger partial charge < -0.3 is 10.2 Å². The quantitative estimate of drug-likeness (QED) is 0.519. The van der Waals surface area contributed by atoms with E-state index in [1.54, 1.807) is 24.3 Å². The van der Waals surface area contributed by atoms with Crippen LogP contribution in [0.3, 0.4) is 0 Å². The van der Waals surface area contributed by atoms with Crippen LogP contribution >= 0.6 is 11.6 Å². The van der Waals surface area contributed by atoms with Crippen molar-refractivity contribution in [3.63, 3.8) is 0 Å². The number of nitrogens with one attached hydrogen (secondary N) is 1. The summed E-state index contributed by atoms with van der Waals surface area (Å²) >= 11 is 5.94. The first-order valence-electron chi connectivity index (χ1n) is 10.9. The van der Waals surface area contributed by atoms with Crippen LogP contribution in [0.4, 0.5) is 5.69 Å². The van der Waals surface area contributed by atoms with Crippen molar-refractivity contribution in [1.29, 1.82) is 0 Å². The van der Waals surface area contributed by atoms with Crippen molar-refractivity contribution < 1.29 is 18.0 Å². The number of halogens is 1. The third-order valence-corrected chi connectivity index (χ3v) is 6.49. The number of rotatable bonds is 11. The van der Waals surface area contributed by atoms with Crippen LogP contribution < -0.4 is 9.62 Å². The summed E-state index contributed by atoms with van der Waals surface area (Å²) in [5.74, 6) is -0.705. The van der Waals surface area contributed by atoms with Gasteiger partial charge in [-0.15, -0.1) is 0 Å². The monoisotopic (exact) mass is 493 g/mol. The second kappa shape index (κ2) is 12.0.